The maximum Gasteiger partial charge on any atom is 0.330 e. The predicted octanol–water partition coefficient (Wildman–Crippen LogP) is 1.53. The van der Waals surface area contributed by atoms with E-state index in [1.54, 1.807) is 12.1 Å². The number of thiophene rings is 1. The van der Waals surface area contributed by atoms with Crippen molar-refractivity contribution in [1.82, 2.24) is 10.6 Å². The molecule has 2 rings (SSSR count). The van der Waals surface area contributed by atoms with Crippen LogP contribution in [-0.4, -0.2) is 42.8 Å². The number of halogens is 1. The lowest BCUT2D eigenvalue weighted by molar-refractivity contribution is -0.143. The highest BCUT2D eigenvalue weighted by atomic mass is 35.5. The number of methoxy groups -OCH3 is 1. The van der Waals surface area contributed by atoms with Crippen LogP contribution in [0.2, 0.25) is 5.02 Å². The summed E-state index contributed by atoms with van der Waals surface area (Å²) in [4.78, 5) is 35.3. The van der Waals surface area contributed by atoms with Crippen molar-refractivity contribution >= 4 is 50.9 Å². The summed E-state index contributed by atoms with van der Waals surface area (Å²) in [5.41, 5.74) is 0. The van der Waals surface area contributed by atoms with Crippen molar-refractivity contribution in [2.75, 3.05) is 13.7 Å². The maximum absolute atomic E-state index is 12.1. The van der Waals surface area contributed by atoms with E-state index in [1.807, 2.05) is 12.1 Å². The number of rotatable bonds is 4. The highest BCUT2D eigenvalue weighted by Crippen LogP contribution is 2.34. The monoisotopic (exact) mass is 356 g/mol. The molecule has 1 atom stereocenters. The Hall–Kier alpha value is -2.16. The van der Waals surface area contributed by atoms with Crippen LogP contribution in [0.25, 0.3) is 10.1 Å². The third-order valence-corrected chi connectivity index (χ3v) is 4.62. The molecule has 1 heterocycles. The van der Waals surface area contributed by atoms with Crippen molar-refractivity contribution < 1.29 is 24.2 Å². The van der Waals surface area contributed by atoms with Crippen molar-refractivity contribution in [3.05, 3.63) is 34.2 Å². The number of carbonyl (C=O) groups excluding carboxylic acids is 3. The zero-order valence-corrected chi connectivity index (χ0v) is 13.5. The molecule has 0 bridgehead atoms. The zero-order chi connectivity index (χ0) is 17.0. The molecule has 7 nitrogen and oxygen atoms in total. The van der Waals surface area contributed by atoms with Crippen molar-refractivity contribution in [2.24, 2.45) is 0 Å². The standard InChI is InChI=1S/C14H13ClN2O5S/c1-22-13(20)8(6-18)16-14(21)17-12(19)11-10(15)7-4-2-3-5-9(7)23-11/h2-5,8,18H,6H2,1H3,(H2,16,17,19,21)/t8-/m0/s1. The van der Waals surface area contributed by atoms with Crippen molar-refractivity contribution in [1.29, 1.82) is 0 Å². The van der Waals surface area contributed by atoms with Crippen LogP contribution in [0.15, 0.2) is 24.3 Å². The second-order valence-corrected chi connectivity index (χ2v) is 5.86. The first-order valence-electron chi connectivity index (χ1n) is 6.45. The van der Waals surface area contributed by atoms with Crippen molar-refractivity contribution in [3.8, 4) is 0 Å². The van der Waals surface area contributed by atoms with Gasteiger partial charge in [0.1, 0.15) is 4.88 Å². The highest BCUT2D eigenvalue weighted by molar-refractivity contribution is 7.21. The van der Waals surface area contributed by atoms with Crippen molar-refractivity contribution in [2.45, 2.75) is 6.04 Å². The molecule has 0 aliphatic heterocycles. The number of nitrogens with one attached hydrogen (secondary N) is 2. The Morgan fingerprint density at radius 3 is 2.65 bits per heavy atom. The Morgan fingerprint density at radius 2 is 2.04 bits per heavy atom. The Morgan fingerprint density at radius 1 is 1.35 bits per heavy atom. The largest absolute Gasteiger partial charge is 0.467 e. The third-order valence-electron chi connectivity index (χ3n) is 2.94. The quantitative estimate of drug-likeness (QED) is 0.720. The summed E-state index contributed by atoms with van der Waals surface area (Å²) in [6.07, 6.45) is 0. The molecule has 0 radical (unpaired) electrons. The van der Waals surface area contributed by atoms with E-state index >= 15 is 0 Å². The van der Waals surface area contributed by atoms with Crippen LogP contribution < -0.4 is 10.6 Å². The summed E-state index contributed by atoms with van der Waals surface area (Å²) in [7, 11) is 1.12. The second kappa shape index (κ2) is 7.40. The van der Waals surface area contributed by atoms with Crippen LogP contribution >= 0.6 is 22.9 Å². The first-order chi connectivity index (χ1) is 11.0. The Kier molecular flexibility index (Phi) is 5.54. The molecule has 0 unspecified atom stereocenters. The molecule has 3 amide bonds. The number of imide groups is 1. The van der Waals surface area contributed by atoms with Gasteiger partial charge in [-0.25, -0.2) is 9.59 Å². The van der Waals surface area contributed by atoms with E-state index < -0.39 is 30.6 Å². The lowest BCUT2D eigenvalue weighted by Crippen LogP contribution is -2.49. The summed E-state index contributed by atoms with van der Waals surface area (Å²) < 4.78 is 5.22. The van der Waals surface area contributed by atoms with Crippen LogP contribution in [0.1, 0.15) is 9.67 Å². The maximum atomic E-state index is 12.1. The summed E-state index contributed by atoms with van der Waals surface area (Å²) in [5.74, 6) is -1.52. The first-order valence-corrected chi connectivity index (χ1v) is 7.65. The van der Waals surface area contributed by atoms with Gasteiger partial charge in [0, 0.05) is 10.1 Å². The average molecular weight is 357 g/mol. The Labute approximate surface area is 140 Å². The number of ether oxygens (including phenoxy) is 1. The van der Waals surface area contributed by atoms with Crippen LogP contribution in [0.3, 0.4) is 0 Å². The minimum atomic E-state index is -1.26. The molecule has 0 aliphatic rings. The van der Waals surface area contributed by atoms with E-state index in [4.69, 9.17) is 16.7 Å². The fourth-order valence-corrected chi connectivity index (χ4v) is 3.25. The number of amides is 3. The van der Waals surface area contributed by atoms with Gasteiger partial charge >= 0.3 is 12.0 Å². The van der Waals surface area contributed by atoms with Gasteiger partial charge in [-0.3, -0.25) is 10.1 Å². The van der Waals surface area contributed by atoms with Crippen LogP contribution in [0.5, 0.6) is 0 Å². The fourth-order valence-electron chi connectivity index (χ4n) is 1.84. The van der Waals surface area contributed by atoms with Crippen molar-refractivity contribution in [3.63, 3.8) is 0 Å². The normalized spacial score (nSPS) is 11.8. The van der Waals surface area contributed by atoms with Gasteiger partial charge in [-0.05, 0) is 6.07 Å². The van der Waals surface area contributed by atoms with Gasteiger partial charge in [0.25, 0.3) is 5.91 Å². The molecular weight excluding hydrogens is 344 g/mol. The third kappa shape index (κ3) is 3.79. The summed E-state index contributed by atoms with van der Waals surface area (Å²) >= 11 is 7.29. The smallest absolute Gasteiger partial charge is 0.330 e. The molecule has 122 valence electrons. The SMILES string of the molecule is COC(=O)[C@H](CO)NC(=O)NC(=O)c1sc2ccccc2c1Cl. The molecule has 1 aromatic heterocycles. The lowest BCUT2D eigenvalue weighted by atomic mass is 10.2. The number of fused-ring (bicyclic) bond motifs is 1. The summed E-state index contributed by atoms with van der Waals surface area (Å²) in [5, 5.41) is 14.2. The van der Waals surface area contributed by atoms with Gasteiger partial charge in [0.15, 0.2) is 6.04 Å². The predicted molar refractivity (Wildman–Crippen MR) is 85.7 cm³/mol. The molecular formula is C14H13ClN2O5S. The minimum absolute atomic E-state index is 0.182. The molecule has 3 N–H and O–H groups in total. The topological polar surface area (TPSA) is 105 Å². The molecule has 0 saturated carbocycles. The van der Waals surface area contributed by atoms with Gasteiger partial charge in [-0.2, -0.15) is 0 Å². The number of esters is 1. The van der Waals surface area contributed by atoms with E-state index in [0.717, 1.165) is 23.1 Å². The number of carbonyl (C=O) groups is 3. The van der Waals surface area contributed by atoms with E-state index in [-0.39, 0.29) is 9.90 Å². The number of urea groups is 1. The number of aliphatic hydroxyl groups excluding tert-OH is 1. The van der Waals surface area contributed by atoms with Crippen LogP contribution in [0, 0.1) is 0 Å². The van der Waals surface area contributed by atoms with Gasteiger partial charge in [0.2, 0.25) is 0 Å². The Bertz CT molecular complexity index is 761. The number of aliphatic hydroxyl groups is 1. The van der Waals surface area contributed by atoms with E-state index in [2.05, 4.69) is 15.4 Å². The van der Waals surface area contributed by atoms with E-state index in [1.165, 1.54) is 0 Å². The zero-order valence-electron chi connectivity index (χ0n) is 12.0. The summed E-state index contributed by atoms with van der Waals surface area (Å²) in [6, 6.07) is 4.98. The molecule has 0 aliphatic carbocycles. The fraction of sp³-hybridized carbons (Fsp3) is 0.214. The molecule has 0 spiro atoms. The highest BCUT2D eigenvalue weighted by Gasteiger charge is 2.23. The minimum Gasteiger partial charge on any atom is -0.467 e. The van der Waals surface area contributed by atoms with E-state index in [0.29, 0.717) is 5.39 Å². The van der Waals surface area contributed by atoms with Gasteiger partial charge in [-0.15, -0.1) is 11.3 Å². The van der Waals surface area contributed by atoms with Crippen LogP contribution in [0.4, 0.5) is 4.79 Å². The average Bonchev–Trinajstić information content (AvgIpc) is 2.89. The number of benzene rings is 1. The molecule has 9 heteroatoms. The molecule has 2 aromatic rings. The molecule has 0 saturated heterocycles. The lowest BCUT2D eigenvalue weighted by Gasteiger charge is -2.13. The second-order valence-electron chi connectivity index (χ2n) is 4.43. The molecule has 1 aromatic carbocycles. The van der Waals surface area contributed by atoms with Crippen LogP contribution in [-0.2, 0) is 9.53 Å². The molecule has 0 fully saturated rings. The molecule has 23 heavy (non-hydrogen) atoms. The first kappa shape index (κ1) is 17.2. The van der Waals surface area contributed by atoms with Gasteiger partial charge in [-0.1, -0.05) is 29.8 Å². The van der Waals surface area contributed by atoms with Gasteiger partial charge in [0.05, 0.1) is 18.7 Å². The van der Waals surface area contributed by atoms with Gasteiger partial charge < -0.3 is 15.2 Å². The number of hydrogen-bond acceptors (Lipinski definition) is 6. The Balaban J connectivity index is 2.10. The van der Waals surface area contributed by atoms with E-state index in [9.17, 15) is 14.4 Å². The number of hydrogen-bond donors (Lipinski definition) is 3. The summed E-state index contributed by atoms with van der Waals surface area (Å²) in [6.45, 7) is -0.655.